The Morgan fingerprint density at radius 3 is 2.33 bits per heavy atom. The number of halogens is 3. The largest absolute Gasteiger partial charge is 0.497 e. The van der Waals surface area contributed by atoms with E-state index in [1.54, 1.807) is 19.2 Å². The number of anilines is 1. The Balaban J connectivity index is 1.51. The number of carbonyl (C=O) groups is 2. The van der Waals surface area contributed by atoms with E-state index < -0.39 is 40.9 Å². The predicted octanol–water partition coefficient (Wildman–Crippen LogP) is 3.00. The fourth-order valence-corrected chi connectivity index (χ4v) is 2.69. The van der Waals surface area contributed by atoms with Gasteiger partial charge in [-0.2, -0.15) is 0 Å². The van der Waals surface area contributed by atoms with Crippen molar-refractivity contribution >= 4 is 17.5 Å². The SMILES string of the molecule is COc1ccc(CNC(=O)C2CC2C(=O)Nc2ccc(F)c(F)c2F)cc1. The van der Waals surface area contributed by atoms with Crippen molar-refractivity contribution in [3.8, 4) is 5.75 Å². The lowest BCUT2D eigenvalue weighted by Crippen LogP contribution is -2.27. The molecule has 1 saturated carbocycles. The zero-order valence-corrected chi connectivity index (χ0v) is 14.4. The van der Waals surface area contributed by atoms with Crippen LogP contribution in [-0.2, 0) is 16.1 Å². The fraction of sp³-hybridized carbons (Fsp3) is 0.263. The first-order valence-electron chi connectivity index (χ1n) is 8.25. The molecule has 3 rings (SSSR count). The number of ether oxygens (including phenoxy) is 1. The van der Waals surface area contributed by atoms with Gasteiger partial charge >= 0.3 is 0 Å². The van der Waals surface area contributed by atoms with Crippen LogP contribution in [0.4, 0.5) is 18.9 Å². The van der Waals surface area contributed by atoms with Gasteiger partial charge in [-0.3, -0.25) is 9.59 Å². The molecule has 1 aliphatic carbocycles. The Morgan fingerprint density at radius 2 is 1.67 bits per heavy atom. The van der Waals surface area contributed by atoms with Crippen LogP contribution in [0.2, 0.25) is 0 Å². The van der Waals surface area contributed by atoms with Gasteiger partial charge in [-0.1, -0.05) is 12.1 Å². The van der Waals surface area contributed by atoms with Crippen molar-refractivity contribution in [2.45, 2.75) is 13.0 Å². The minimum absolute atomic E-state index is 0.295. The van der Waals surface area contributed by atoms with Crippen molar-refractivity contribution in [2.24, 2.45) is 11.8 Å². The molecular formula is C19H17F3N2O3. The smallest absolute Gasteiger partial charge is 0.228 e. The quantitative estimate of drug-likeness (QED) is 0.760. The summed E-state index contributed by atoms with van der Waals surface area (Å²) in [7, 11) is 1.56. The molecule has 8 heteroatoms. The number of amides is 2. The Hall–Kier alpha value is -3.03. The van der Waals surface area contributed by atoms with Crippen molar-refractivity contribution in [2.75, 3.05) is 12.4 Å². The summed E-state index contributed by atoms with van der Waals surface area (Å²) in [4.78, 5) is 24.2. The van der Waals surface area contributed by atoms with Gasteiger partial charge in [0.1, 0.15) is 5.75 Å². The van der Waals surface area contributed by atoms with Gasteiger partial charge in [0.15, 0.2) is 17.5 Å². The van der Waals surface area contributed by atoms with E-state index in [0.29, 0.717) is 18.7 Å². The second-order valence-corrected chi connectivity index (χ2v) is 6.23. The van der Waals surface area contributed by atoms with Crippen LogP contribution < -0.4 is 15.4 Å². The van der Waals surface area contributed by atoms with E-state index in [1.165, 1.54) is 0 Å². The van der Waals surface area contributed by atoms with Crippen LogP contribution >= 0.6 is 0 Å². The molecule has 2 aromatic carbocycles. The van der Waals surface area contributed by atoms with Crippen LogP contribution in [0.15, 0.2) is 36.4 Å². The molecular weight excluding hydrogens is 361 g/mol. The topological polar surface area (TPSA) is 67.4 Å². The summed E-state index contributed by atoms with van der Waals surface area (Å²) >= 11 is 0. The van der Waals surface area contributed by atoms with Gasteiger partial charge in [-0.15, -0.1) is 0 Å². The van der Waals surface area contributed by atoms with Crippen LogP contribution in [0.5, 0.6) is 5.75 Å². The molecule has 0 aromatic heterocycles. The molecule has 5 nitrogen and oxygen atoms in total. The molecule has 27 heavy (non-hydrogen) atoms. The number of rotatable bonds is 6. The van der Waals surface area contributed by atoms with Crippen LogP contribution in [-0.4, -0.2) is 18.9 Å². The van der Waals surface area contributed by atoms with Gasteiger partial charge < -0.3 is 15.4 Å². The fourth-order valence-electron chi connectivity index (χ4n) is 2.69. The maximum absolute atomic E-state index is 13.6. The van der Waals surface area contributed by atoms with Gasteiger partial charge in [0, 0.05) is 6.54 Å². The van der Waals surface area contributed by atoms with Crippen molar-refractivity contribution in [1.29, 1.82) is 0 Å². The van der Waals surface area contributed by atoms with E-state index >= 15 is 0 Å². The van der Waals surface area contributed by atoms with Crippen LogP contribution in [0.3, 0.4) is 0 Å². The van der Waals surface area contributed by atoms with Crippen molar-refractivity contribution in [1.82, 2.24) is 5.32 Å². The highest BCUT2D eigenvalue weighted by Gasteiger charge is 2.48. The zero-order valence-electron chi connectivity index (χ0n) is 14.4. The van der Waals surface area contributed by atoms with Gasteiger partial charge in [-0.25, -0.2) is 13.2 Å². The van der Waals surface area contributed by atoms with Gasteiger partial charge in [0.05, 0.1) is 24.6 Å². The minimum Gasteiger partial charge on any atom is -0.497 e. The second-order valence-electron chi connectivity index (χ2n) is 6.23. The summed E-state index contributed by atoms with van der Waals surface area (Å²) in [5.41, 5.74) is 0.415. The molecule has 142 valence electrons. The average Bonchev–Trinajstić information content (AvgIpc) is 3.48. The third-order valence-electron chi connectivity index (χ3n) is 4.38. The highest BCUT2D eigenvalue weighted by atomic mass is 19.2. The normalized spacial score (nSPS) is 17.9. The monoisotopic (exact) mass is 378 g/mol. The van der Waals surface area contributed by atoms with Gasteiger partial charge in [0.2, 0.25) is 11.8 Å². The molecule has 0 heterocycles. The molecule has 2 amide bonds. The molecule has 2 aromatic rings. The van der Waals surface area contributed by atoms with E-state index in [1.807, 2.05) is 12.1 Å². The van der Waals surface area contributed by atoms with E-state index in [2.05, 4.69) is 10.6 Å². The summed E-state index contributed by atoms with van der Waals surface area (Å²) in [6.07, 6.45) is 0.311. The highest BCUT2D eigenvalue weighted by Crippen LogP contribution is 2.39. The molecule has 2 N–H and O–H groups in total. The lowest BCUT2D eigenvalue weighted by atomic mass is 10.2. The summed E-state index contributed by atoms with van der Waals surface area (Å²) in [6, 6.07) is 8.81. The molecule has 2 unspecified atom stereocenters. The zero-order chi connectivity index (χ0) is 19.6. The van der Waals surface area contributed by atoms with Crippen molar-refractivity contribution in [3.63, 3.8) is 0 Å². The highest BCUT2D eigenvalue weighted by molar-refractivity contribution is 5.99. The molecule has 0 saturated heterocycles. The first-order chi connectivity index (χ1) is 12.9. The molecule has 1 fully saturated rings. The first kappa shape index (κ1) is 18.8. The summed E-state index contributed by atoms with van der Waals surface area (Å²) < 4.78 is 44.8. The lowest BCUT2D eigenvalue weighted by Gasteiger charge is -2.08. The summed E-state index contributed by atoms with van der Waals surface area (Å²) in [5.74, 6) is -5.82. The van der Waals surface area contributed by atoms with Crippen LogP contribution in [0.25, 0.3) is 0 Å². The molecule has 2 atom stereocenters. The second kappa shape index (κ2) is 7.69. The van der Waals surface area contributed by atoms with Crippen LogP contribution in [0, 0.1) is 29.3 Å². The standard InChI is InChI=1S/C19H17F3N2O3/c1-27-11-4-2-10(3-5-11)9-23-18(25)12-8-13(12)19(26)24-15-7-6-14(20)16(21)17(15)22/h2-7,12-13H,8-9H2,1H3,(H,23,25)(H,24,26). The maximum atomic E-state index is 13.6. The molecule has 0 radical (unpaired) electrons. The Kier molecular flexibility index (Phi) is 5.34. The maximum Gasteiger partial charge on any atom is 0.228 e. The Morgan fingerprint density at radius 1 is 1.00 bits per heavy atom. The Labute approximate surface area is 153 Å². The number of benzene rings is 2. The van der Waals surface area contributed by atoms with Crippen molar-refractivity contribution in [3.05, 3.63) is 59.4 Å². The van der Waals surface area contributed by atoms with Crippen molar-refractivity contribution < 1.29 is 27.5 Å². The van der Waals surface area contributed by atoms with E-state index in [9.17, 15) is 22.8 Å². The molecule has 0 bridgehead atoms. The number of methoxy groups -OCH3 is 1. The predicted molar refractivity (Wildman–Crippen MR) is 91.4 cm³/mol. The molecule has 0 aliphatic heterocycles. The lowest BCUT2D eigenvalue weighted by molar-refractivity contribution is -0.125. The Bertz CT molecular complexity index is 871. The van der Waals surface area contributed by atoms with Crippen LogP contribution in [0.1, 0.15) is 12.0 Å². The van der Waals surface area contributed by atoms with E-state index in [4.69, 9.17) is 4.74 Å². The number of hydrogen-bond acceptors (Lipinski definition) is 3. The summed E-state index contributed by atoms with van der Waals surface area (Å²) in [6.45, 7) is 0.297. The van der Waals surface area contributed by atoms with Gasteiger partial charge in [-0.05, 0) is 36.2 Å². The van der Waals surface area contributed by atoms with Gasteiger partial charge in [0.25, 0.3) is 0 Å². The molecule has 0 spiro atoms. The number of carbonyl (C=O) groups excluding carboxylic acids is 2. The third kappa shape index (κ3) is 4.21. The first-order valence-corrected chi connectivity index (χ1v) is 8.25. The minimum atomic E-state index is -1.66. The van der Waals surface area contributed by atoms with E-state index in [0.717, 1.165) is 17.7 Å². The number of nitrogens with one attached hydrogen (secondary N) is 2. The molecule has 1 aliphatic rings. The summed E-state index contributed by atoms with van der Waals surface area (Å²) in [5, 5.41) is 4.93. The third-order valence-corrected chi connectivity index (χ3v) is 4.38. The number of hydrogen-bond donors (Lipinski definition) is 2. The average molecular weight is 378 g/mol. The van der Waals surface area contributed by atoms with E-state index in [-0.39, 0.29) is 5.91 Å².